The maximum Gasteiger partial charge on any atom is 0.319 e. The highest BCUT2D eigenvalue weighted by molar-refractivity contribution is 6.00. The fourth-order valence-electron chi connectivity index (χ4n) is 5.43. The molecular formula is C36H39N5O3. The zero-order valence-electron chi connectivity index (χ0n) is 25.2. The molecule has 0 aromatic heterocycles. The van der Waals surface area contributed by atoms with Crippen LogP contribution in [-0.4, -0.2) is 29.4 Å². The molecule has 0 saturated heterocycles. The van der Waals surface area contributed by atoms with Crippen molar-refractivity contribution in [2.24, 2.45) is 5.73 Å². The van der Waals surface area contributed by atoms with Gasteiger partial charge in [-0.3, -0.25) is 9.59 Å². The van der Waals surface area contributed by atoms with E-state index in [0.29, 0.717) is 31.6 Å². The minimum Gasteiger partial charge on any atom is -0.344 e. The number of carbonyl (C=O) groups excluding carboxylic acids is 3. The number of nitrogens with one attached hydrogen (secondary N) is 3. The molecule has 8 heteroatoms. The van der Waals surface area contributed by atoms with Crippen molar-refractivity contribution in [1.82, 2.24) is 10.6 Å². The number of fused-ring (bicyclic) bond motifs is 1. The molecule has 0 aliphatic carbocycles. The van der Waals surface area contributed by atoms with Crippen LogP contribution in [0.2, 0.25) is 0 Å². The molecule has 1 aliphatic rings. The quantitative estimate of drug-likeness (QED) is 0.198. The van der Waals surface area contributed by atoms with E-state index in [1.165, 1.54) is 0 Å². The van der Waals surface area contributed by atoms with E-state index in [9.17, 15) is 14.4 Å². The minimum absolute atomic E-state index is 0.135. The summed E-state index contributed by atoms with van der Waals surface area (Å²) in [5, 5.41) is 8.81. The number of nitrogens with zero attached hydrogens (tertiary/aromatic N) is 1. The van der Waals surface area contributed by atoms with Crippen molar-refractivity contribution in [1.29, 1.82) is 0 Å². The van der Waals surface area contributed by atoms with Gasteiger partial charge in [0.25, 0.3) is 0 Å². The number of rotatable bonds is 9. The minimum atomic E-state index is -0.664. The Bertz CT molecular complexity index is 1610. The van der Waals surface area contributed by atoms with E-state index >= 15 is 0 Å². The lowest BCUT2D eigenvalue weighted by Crippen LogP contribution is -2.49. The van der Waals surface area contributed by atoms with E-state index in [0.717, 1.165) is 33.5 Å². The molecule has 0 fully saturated rings. The highest BCUT2D eigenvalue weighted by atomic mass is 16.2. The Morgan fingerprint density at radius 1 is 0.864 bits per heavy atom. The normalized spacial score (nSPS) is 14.8. The van der Waals surface area contributed by atoms with E-state index in [4.69, 9.17) is 5.73 Å². The Kier molecular flexibility index (Phi) is 9.41. The van der Waals surface area contributed by atoms with Crippen LogP contribution in [0.25, 0.3) is 11.1 Å². The number of benzene rings is 4. The lowest BCUT2D eigenvalue weighted by atomic mass is 10.0. The number of amides is 4. The summed E-state index contributed by atoms with van der Waals surface area (Å²) in [7, 11) is 0. The van der Waals surface area contributed by atoms with Gasteiger partial charge in [-0.1, -0.05) is 91.0 Å². The molecule has 5 N–H and O–H groups in total. The zero-order chi connectivity index (χ0) is 31.1. The van der Waals surface area contributed by atoms with Gasteiger partial charge in [0, 0.05) is 29.8 Å². The van der Waals surface area contributed by atoms with E-state index in [1.54, 1.807) is 18.7 Å². The van der Waals surface area contributed by atoms with E-state index in [-0.39, 0.29) is 24.3 Å². The largest absolute Gasteiger partial charge is 0.344 e. The van der Waals surface area contributed by atoms with Crippen LogP contribution in [-0.2, 0) is 29.1 Å². The second-order valence-electron chi connectivity index (χ2n) is 11.9. The molecular weight excluding hydrogens is 550 g/mol. The number of urea groups is 1. The van der Waals surface area contributed by atoms with Crippen LogP contribution < -0.4 is 26.6 Å². The van der Waals surface area contributed by atoms with Crippen molar-refractivity contribution in [3.05, 3.63) is 120 Å². The predicted molar refractivity (Wildman–Crippen MR) is 175 cm³/mol. The summed E-state index contributed by atoms with van der Waals surface area (Å²) in [6.45, 7) is 4.37. The summed E-state index contributed by atoms with van der Waals surface area (Å²) in [6.07, 6.45) is 1.33. The first kappa shape index (κ1) is 30.5. The van der Waals surface area contributed by atoms with Crippen LogP contribution in [0.5, 0.6) is 0 Å². The summed E-state index contributed by atoms with van der Waals surface area (Å²) in [5.41, 5.74) is 11.8. The molecule has 0 spiro atoms. The molecule has 226 valence electrons. The van der Waals surface area contributed by atoms with Gasteiger partial charge in [0.2, 0.25) is 11.8 Å². The predicted octanol–water partition coefficient (Wildman–Crippen LogP) is 5.77. The monoisotopic (exact) mass is 589 g/mol. The van der Waals surface area contributed by atoms with Crippen LogP contribution >= 0.6 is 0 Å². The van der Waals surface area contributed by atoms with Crippen molar-refractivity contribution in [3.63, 3.8) is 0 Å². The molecule has 5 rings (SSSR count). The Morgan fingerprint density at radius 3 is 2.30 bits per heavy atom. The van der Waals surface area contributed by atoms with E-state index in [1.807, 2.05) is 103 Å². The topological polar surface area (TPSA) is 117 Å². The van der Waals surface area contributed by atoms with E-state index in [2.05, 4.69) is 16.0 Å². The third-order valence-electron chi connectivity index (χ3n) is 7.58. The van der Waals surface area contributed by atoms with Crippen molar-refractivity contribution < 1.29 is 14.4 Å². The Morgan fingerprint density at radius 2 is 1.55 bits per heavy atom. The summed E-state index contributed by atoms with van der Waals surface area (Å²) in [6, 6.07) is 32.4. The maximum atomic E-state index is 13.8. The third kappa shape index (κ3) is 7.90. The van der Waals surface area contributed by atoms with Crippen LogP contribution in [0.15, 0.2) is 103 Å². The molecule has 1 heterocycles. The second-order valence-corrected chi connectivity index (χ2v) is 11.9. The molecule has 4 aromatic carbocycles. The molecule has 8 nitrogen and oxygen atoms in total. The first-order valence-electron chi connectivity index (χ1n) is 14.9. The van der Waals surface area contributed by atoms with Crippen molar-refractivity contribution in [3.8, 4) is 11.1 Å². The van der Waals surface area contributed by atoms with Crippen LogP contribution in [0.1, 0.15) is 43.4 Å². The van der Waals surface area contributed by atoms with Gasteiger partial charge >= 0.3 is 6.03 Å². The Balaban J connectivity index is 1.31. The standard InChI is InChI=1S/C36H39N5O3/c1-36(2,37)22-33(42)39-31-21-20-28-12-6-9-15-32(28)41(34(31)43)24-26-16-18-27(19-17-26)29-13-7-8-14-30(29)40-35(44)38-23-25-10-4-3-5-11-25/h3-19,31H,20-24,37H2,1-2H3,(H,39,42)(H2,38,40,44)/t31-/m1/s1. The highest BCUT2D eigenvalue weighted by Crippen LogP contribution is 2.31. The first-order valence-corrected chi connectivity index (χ1v) is 14.9. The number of hydrogen-bond acceptors (Lipinski definition) is 4. The molecule has 0 unspecified atom stereocenters. The Hall–Kier alpha value is -4.95. The summed E-state index contributed by atoms with van der Waals surface area (Å²) < 4.78 is 0. The number of hydrogen-bond donors (Lipinski definition) is 4. The van der Waals surface area contributed by atoms with Gasteiger partial charge in [-0.2, -0.15) is 0 Å². The average Bonchev–Trinajstić information content (AvgIpc) is 3.13. The van der Waals surface area contributed by atoms with Gasteiger partial charge in [-0.05, 0) is 61.1 Å². The summed E-state index contributed by atoms with van der Waals surface area (Å²) in [5.74, 6) is -0.370. The van der Waals surface area contributed by atoms with Crippen LogP contribution in [0.3, 0.4) is 0 Å². The number of anilines is 2. The fraction of sp³-hybridized carbons (Fsp3) is 0.250. The number of para-hydroxylation sites is 2. The van der Waals surface area contributed by atoms with Crippen molar-refractivity contribution in [2.75, 3.05) is 10.2 Å². The molecule has 44 heavy (non-hydrogen) atoms. The maximum absolute atomic E-state index is 13.8. The van der Waals surface area contributed by atoms with Gasteiger partial charge in [0.15, 0.2) is 0 Å². The fourth-order valence-corrected chi connectivity index (χ4v) is 5.43. The number of carbonyl (C=O) groups is 3. The molecule has 0 saturated carbocycles. The third-order valence-corrected chi connectivity index (χ3v) is 7.58. The zero-order valence-corrected chi connectivity index (χ0v) is 25.2. The van der Waals surface area contributed by atoms with Gasteiger partial charge in [0.05, 0.1) is 12.2 Å². The molecule has 1 aliphatic heterocycles. The lowest BCUT2D eigenvalue weighted by molar-refractivity contribution is -0.128. The van der Waals surface area contributed by atoms with Crippen LogP contribution in [0.4, 0.5) is 16.2 Å². The average molecular weight is 590 g/mol. The SMILES string of the molecule is CC(C)(N)CC(=O)N[C@@H]1CCc2ccccc2N(Cc2ccc(-c3ccccc3NC(=O)NCc3ccccc3)cc2)C1=O. The van der Waals surface area contributed by atoms with Gasteiger partial charge in [0.1, 0.15) is 6.04 Å². The summed E-state index contributed by atoms with van der Waals surface area (Å²) in [4.78, 5) is 41.0. The first-order chi connectivity index (χ1) is 21.2. The van der Waals surface area contributed by atoms with E-state index < -0.39 is 11.6 Å². The summed E-state index contributed by atoms with van der Waals surface area (Å²) >= 11 is 0. The second kappa shape index (κ2) is 13.6. The number of nitrogens with two attached hydrogens (primary N) is 1. The Labute approximate surface area is 258 Å². The molecule has 4 aromatic rings. The molecule has 0 bridgehead atoms. The van der Waals surface area contributed by atoms with Gasteiger partial charge in [-0.25, -0.2) is 4.79 Å². The lowest BCUT2D eigenvalue weighted by Gasteiger charge is -2.27. The highest BCUT2D eigenvalue weighted by Gasteiger charge is 2.32. The smallest absolute Gasteiger partial charge is 0.319 e. The van der Waals surface area contributed by atoms with Crippen LogP contribution in [0, 0.1) is 0 Å². The van der Waals surface area contributed by atoms with Crippen molar-refractivity contribution in [2.45, 2.75) is 57.8 Å². The number of aryl methyl sites for hydroxylation is 1. The van der Waals surface area contributed by atoms with Gasteiger partial charge in [-0.15, -0.1) is 0 Å². The molecule has 0 radical (unpaired) electrons. The molecule has 4 amide bonds. The van der Waals surface area contributed by atoms with Gasteiger partial charge < -0.3 is 26.6 Å². The van der Waals surface area contributed by atoms with Crippen molar-refractivity contribution >= 4 is 29.2 Å². The molecule has 1 atom stereocenters.